The molecule has 0 unspecified atom stereocenters. The molecule has 1 aliphatic rings. The molecule has 1 saturated heterocycles. The smallest absolute Gasteiger partial charge is 0.286 e. The van der Waals surface area contributed by atoms with Crippen molar-refractivity contribution < 1.29 is 15.0 Å². The number of carbonyl (C=O) groups is 1. The predicted molar refractivity (Wildman–Crippen MR) is 98.8 cm³/mol. The lowest BCUT2D eigenvalue weighted by Gasteiger charge is -2.06. The van der Waals surface area contributed by atoms with Gasteiger partial charge in [0, 0.05) is 0 Å². The van der Waals surface area contributed by atoms with Gasteiger partial charge >= 0.3 is 0 Å². The molecule has 5 nitrogen and oxygen atoms in total. The maximum Gasteiger partial charge on any atom is 0.286 e. The highest BCUT2D eigenvalue weighted by atomic mass is 32.2. The van der Waals surface area contributed by atoms with E-state index in [1.54, 1.807) is 42.5 Å². The van der Waals surface area contributed by atoms with Gasteiger partial charge in [0.15, 0.2) is 4.32 Å². The molecule has 0 saturated carbocycles. The summed E-state index contributed by atoms with van der Waals surface area (Å²) in [5.74, 6) is -0.0280. The largest absolute Gasteiger partial charge is 0.508 e. The molecule has 24 heavy (non-hydrogen) atoms. The van der Waals surface area contributed by atoms with Crippen molar-refractivity contribution in [3.63, 3.8) is 0 Å². The molecule has 0 radical (unpaired) electrons. The number of phenolic OH excluding ortho intramolecular Hbond substituents is 2. The maximum atomic E-state index is 12.4. The van der Waals surface area contributed by atoms with Gasteiger partial charge in [-0.3, -0.25) is 4.79 Å². The third-order valence-electron chi connectivity index (χ3n) is 3.16. The van der Waals surface area contributed by atoms with Crippen LogP contribution in [0.4, 0.5) is 0 Å². The minimum atomic E-state index is -0.316. The van der Waals surface area contributed by atoms with Crippen molar-refractivity contribution in [2.75, 3.05) is 0 Å². The van der Waals surface area contributed by atoms with Crippen molar-refractivity contribution in [2.45, 2.75) is 0 Å². The van der Waals surface area contributed by atoms with Crippen LogP contribution in [0.5, 0.6) is 11.5 Å². The second-order valence-electron chi connectivity index (χ2n) is 4.92. The summed E-state index contributed by atoms with van der Waals surface area (Å²) in [4.78, 5) is 12.9. The van der Waals surface area contributed by atoms with E-state index in [4.69, 9.17) is 12.2 Å². The Morgan fingerprint density at radius 2 is 1.79 bits per heavy atom. The number of hydrogen-bond donors (Lipinski definition) is 2. The van der Waals surface area contributed by atoms with Crippen LogP contribution < -0.4 is 0 Å². The highest BCUT2D eigenvalue weighted by Crippen LogP contribution is 2.33. The van der Waals surface area contributed by atoms with Crippen LogP contribution in [0.1, 0.15) is 11.1 Å². The fourth-order valence-electron chi connectivity index (χ4n) is 2.01. The Morgan fingerprint density at radius 1 is 1.04 bits per heavy atom. The molecule has 2 N–H and O–H groups in total. The quantitative estimate of drug-likeness (QED) is 0.501. The van der Waals surface area contributed by atoms with Crippen molar-refractivity contribution in [2.24, 2.45) is 5.10 Å². The number of benzene rings is 2. The predicted octanol–water partition coefficient (Wildman–Crippen LogP) is 3.33. The lowest BCUT2D eigenvalue weighted by Crippen LogP contribution is -2.22. The van der Waals surface area contributed by atoms with E-state index in [1.165, 1.54) is 18.3 Å². The van der Waals surface area contributed by atoms with E-state index in [0.717, 1.165) is 22.3 Å². The molecule has 2 aromatic carbocycles. The summed E-state index contributed by atoms with van der Waals surface area (Å²) in [7, 11) is 0. The van der Waals surface area contributed by atoms with Gasteiger partial charge < -0.3 is 10.2 Å². The molecule has 0 aliphatic carbocycles. The zero-order valence-corrected chi connectivity index (χ0v) is 13.9. The van der Waals surface area contributed by atoms with Gasteiger partial charge in [-0.1, -0.05) is 23.9 Å². The molecule has 0 atom stereocenters. The van der Waals surface area contributed by atoms with Gasteiger partial charge in [0.05, 0.1) is 11.1 Å². The summed E-state index contributed by atoms with van der Waals surface area (Å²) < 4.78 is 0.335. The first-order valence-electron chi connectivity index (χ1n) is 6.93. The zero-order valence-electron chi connectivity index (χ0n) is 12.3. The second-order valence-corrected chi connectivity index (χ2v) is 6.60. The molecule has 1 aliphatic heterocycles. The van der Waals surface area contributed by atoms with E-state index in [1.807, 2.05) is 0 Å². The van der Waals surface area contributed by atoms with E-state index < -0.39 is 0 Å². The van der Waals surface area contributed by atoms with Gasteiger partial charge in [0.2, 0.25) is 0 Å². The molecule has 2 aromatic rings. The molecule has 1 amide bonds. The summed E-state index contributed by atoms with van der Waals surface area (Å²) in [6.45, 7) is 0. The number of hydrazone groups is 1. The van der Waals surface area contributed by atoms with E-state index in [-0.39, 0.29) is 17.4 Å². The Balaban J connectivity index is 1.80. The van der Waals surface area contributed by atoms with Crippen LogP contribution in [-0.2, 0) is 4.79 Å². The second kappa shape index (κ2) is 6.86. The molecule has 1 fully saturated rings. The van der Waals surface area contributed by atoms with Gasteiger partial charge in [0.25, 0.3) is 5.91 Å². The van der Waals surface area contributed by atoms with E-state index in [0.29, 0.717) is 14.8 Å². The number of phenols is 2. The topological polar surface area (TPSA) is 73.1 Å². The van der Waals surface area contributed by atoms with Gasteiger partial charge in [-0.25, -0.2) is 0 Å². The summed E-state index contributed by atoms with van der Waals surface area (Å²) in [6, 6.07) is 13.0. The van der Waals surface area contributed by atoms with Crippen LogP contribution in [0, 0.1) is 0 Å². The average Bonchev–Trinajstić information content (AvgIpc) is 2.81. The Kier molecular flexibility index (Phi) is 4.64. The minimum Gasteiger partial charge on any atom is -0.508 e. The zero-order chi connectivity index (χ0) is 17.1. The molecule has 3 rings (SSSR count). The molecule has 7 heteroatoms. The first-order valence-corrected chi connectivity index (χ1v) is 8.15. The van der Waals surface area contributed by atoms with Gasteiger partial charge in [-0.2, -0.15) is 10.1 Å². The van der Waals surface area contributed by atoms with Crippen LogP contribution in [0.15, 0.2) is 58.5 Å². The van der Waals surface area contributed by atoms with Crippen LogP contribution >= 0.6 is 24.0 Å². The van der Waals surface area contributed by atoms with E-state index in [2.05, 4.69) is 5.10 Å². The third-order valence-corrected chi connectivity index (χ3v) is 4.44. The average molecular weight is 356 g/mol. The number of nitrogens with zero attached hydrogens (tertiary/aromatic N) is 2. The fourth-order valence-corrected chi connectivity index (χ4v) is 3.18. The van der Waals surface area contributed by atoms with Crippen LogP contribution in [-0.4, -0.2) is 31.7 Å². The lowest BCUT2D eigenvalue weighted by molar-refractivity contribution is -0.122. The maximum absolute atomic E-state index is 12.4. The number of hydrogen-bond acceptors (Lipinski definition) is 6. The molecule has 0 bridgehead atoms. The Bertz CT molecular complexity index is 860. The van der Waals surface area contributed by atoms with Crippen molar-refractivity contribution in [3.05, 3.63) is 64.6 Å². The normalized spacial score (nSPS) is 16.5. The van der Waals surface area contributed by atoms with Gasteiger partial charge in [0.1, 0.15) is 11.5 Å². The molecule has 0 aromatic heterocycles. The summed E-state index contributed by atoms with van der Waals surface area (Å²) in [5.41, 5.74) is 1.44. The van der Waals surface area contributed by atoms with Crippen LogP contribution in [0.2, 0.25) is 0 Å². The standard InChI is InChI=1S/C17H12N2O3S2/c20-13-6-4-11(5-7-13)10-18-19-16(22)15(24-17(19)23)9-12-2-1-3-14(21)8-12/h1-10,20-21H/b15-9+,18-10+. The summed E-state index contributed by atoms with van der Waals surface area (Å²) in [5, 5.41) is 24.0. The monoisotopic (exact) mass is 356 g/mol. The molecule has 1 heterocycles. The first-order chi connectivity index (χ1) is 11.5. The Hall–Kier alpha value is -2.64. The highest BCUT2D eigenvalue weighted by molar-refractivity contribution is 8.26. The van der Waals surface area contributed by atoms with E-state index >= 15 is 0 Å². The number of thiocarbonyl (C=S) groups is 1. The van der Waals surface area contributed by atoms with Gasteiger partial charge in [-0.05, 0) is 65.8 Å². The minimum absolute atomic E-state index is 0.129. The number of amides is 1. The number of carbonyl (C=O) groups excluding carboxylic acids is 1. The fraction of sp³-hybridized carbons (Fsp3) is 0. The molecule has 0 spiro atoms. The third kappa shape index (κ3) is 3.64. The molecular formula is C17H12N2O3S2. The number of rotatable bonds is 3. The van der Waals surface area contributed by atoms with Crippen molar-refractivity contribution >= 4 is 46.5 Å². The number of aromatic hydroxyl groups is 2. The van der Waals surface area contributed by atoms with Gasteiger partial charge in [-0.15, -0.1) is 0 Å². The lowest BCUT2D eigenvalue weighted by atomic mass is 10.2. The van der Waals surface area contributed by atoms with Crippen molar-refractivity contribution in [1.82, 2.24) is 5.01 Å². The van der Waals surface area contributed by atoms with Crippen LogP contribution in [0.3, 0.4) is 0 Å². The number of thioether (sulfide) groups is 1. The summed E-state index contributed by atoms with van der Waals surface area (Å²) in [6.07, 6.45) is 3.16. The Labute approximate surface area is 147 Å². The van der Waals surface area contributed by atoms with Crippen molar-refractivity contribution in [3.8, 4) is 11.5 Å². The van der Waals surface area contributed by atoms with Crippen molar-refractivity contribution in [1.29, 1.82) is 0 Å². The first kappa shape index (κ1) is 16.2. The van der Waals surface area contributed by atoms with Crippen LogP contribution in [0.25, 0.3) is 6.08 Å². The highest BCUT2D eigenvalue weighted by Gasteiger charge is 2.32. The van der Waals surface area contributed by atoms with E-state index in [9.17, 15) is 15.0 Å². The SMILES string of the molecule is O=C1/C(=C\c2cccc(O)c2)SC(=S)N1/N=C/c1ccc(O)cc1. The summed E-state index contributed by atoms with van der Waals surface area (Å²) >= 11 is 6.35. The molecule has 120 valence electrons. The Morgan fingerprint density at radius 3 is 2.50 bits per heavy atom. The molecular weight excluding hydrogens is 344 g/mol.